The van der Waals surface area contributed by atoms with Crippen molar-refractivity contribution in [2.45, 2.75) is 0 Å². The largest absolute Gasteiger partial charge is 0.396 e. The van der Waals surface area contributed by atoms with Crippen LogP contribution in [0.25, 0.3) is 0 Å². The average Bonchev–Trinajstić information content (AvgIpc) is 2.28. The molecule has 2 rings (SSSR count). The Balaban J connectivity index is 2.37. The predicted octanol–water partition coefficient (Wildman–Crippen LogP) is 3.85. The number of rotatable bonds is 2. The van der Waals surface area contributed by atoms with Crippen LogP contribution in [0.1, 0.15) is 0 Å². The molecule has 0 radical (unpaired) electrons. The van der Waals surface area contributed by atoms with Crippen LogP contribution in [0.2, 0.25) is 10.2 Å². The lowest BCUT2D eigenvalue weighted by Crippen LogP contribution is -2.00. The first kappa shape index (κ1) is 12.0. The minimum Gasteiger partial charge on any atom is -0.396 e. The van der Waals surface area contributed by atoms with Gasteiger partial charge < -0.3 is 11.1 Å². The van der Waals surface area contributed by atoms with E-state index in [2.05, 4.69) is 10.3 Å². The molecular weight excluding hydrogens is 264 g/mol. The summed E-state index contributed by atoms with van der Waals surface area (Å²) in [6, 6.07) is 7.29. The van der Waals surface area contributed by atoms with Gasteiger partial charge in [0.2, 0.25) is 0 Å². The molecule has 0 aliphatic rings. The number of nitrogens with two attached hydrogens (primary N) is 1. The van der Waals surface area contributed by atoms with Crippen LogP contribution in [-0.4, -0.2) is 4.98 Å². The highest BCUT2D eigenvalue weighted by Gasteiger charge is 2.07. The molecule has 0 unspecified atom stereocenters. The third kappa shape index (κ3) is 2.78. The summed E-state index contributed by atoms with van der Waals surface area (Å²) < 4.78 is 13.5. The zero-order valence-electron chi connectivity index (χ0n) is 8.55. The van der Waals surface area contributed by atoms with E-state index in [1.54, 1.807) is 12.1 Å². The number of nitrogen functional groups attached to an aromatic ring is 1. The van der Waals surface area contributed by atoms with Crippen LogP contribution in [0, 0.1) is 5.82 Å². The van der Waals surface area contributed by atoms with Crippen molar-refractivity contribution in [3.8, 4) is 0 Å². The monoisotopic (exact) mass is 271 g/mol. The fourth-order valence-corrected chi connectivity index (χ4v) is 1.59. The molecule has 6 heteroatoms. The van der Waals surface area contributed by atoms with Gasteiger partial charge in [-0.05, 0) is 30.3 Å². The lowest BCUT2D eigenvalue weighted by Gasteiger charge is -2.09. The molecule has 88 valence electrons. The topological polar surface area (TPSA) is 50.9 Å². The number of nitrogens with one attached hydrogen (secondary N) is 1. The summed E-state index contributed by atoms with van der Waals surface area (Å²) >= 11 is 11.5. The highest BCUT2D eigenvalue weighted by molar-refractivity contribution is 6.31. The molecule has 0 amide bonds. The van der Waals surface area contributed by atoms with Crippen LogP contribution in [0.3, 0.4) is 0 Å². The minimum absolute atomic E-state index is 0.193. The molecule has 0 fully saturated rings. The Morgan fingerprint density at radius 3 is 2.71 bits per heavy atom. The van der Waals surface area contributed by atoms with Crippen molar-refractivity contribution in [1.29, 1.82) is 0 Å². The smallest absolute Gasteiger partial charge is 0.155 e. The maximum absolute atomic E-state index is 13.5. The highest BCUT2D eigenvalue weighted by Crippen LogP contribution is 2.26. The third-order valence-corrected chi connectivity index (χ3v) is 2.52. The second-order valence-corrected chi connectivity index (χ2v) is 4.14. The van der Waals surface area contributed by atoms with Crippen molar-refractivity contribution in [2.75, 3.05) is 11.1 Å². The van der Waals surface area contributed by atoms with Crippen LogP contribution < -0.4 is 11.1 Å². The van der Waals surface area contributed by atoms with Gasteiger partial charge in [-0.3, -0.25) is 0 Å². The van der Waals surface area contributed by atoms with E-state index in [-0.39, 0.29) is 10.8 Å². The zero-order chi connectivity index (χ0) is 12.4. The summed E-state index contributed by atoms with van der Waals surface area (Å²) in [4.78, 5) is 3.96. The third-order valence-electron chi connectivity index (χ3n) is 2.07. The van der Waals surface area contributed by atoms with E-state index in [1.807, 2.05) is 0 Å². The molecule has 0 atom stereocenters. The number of anilines is 3. The fraction of sp³-hybridized carbons (Fsp3) is 0. The summed E-state index contributed by atoms with van der Waals surface area (Å²) in [6.45, 7) is 0. The zero-order valence-corrected chi connectivity index (χ0v) is 10.1. The number of hydrogen-bond acceptors (Lipinski definition) is 3. The van der Waals surface area contributed by atoms with E-state index >= 15 is 0 Å². The molecule has 1 heterocycles. The maximum atomic E-state index is 13.5. The maximum Gasteiger partial charge on any atom is 0.155 e. The predicted molar refractivity (Wildman–Crippen MR) is 68.4 cm³/mol. The average molecular weight is 272 g/mol. The molecule has 0 saturated heterocycles. The first-order valence-electron chi connectivity index (χ1n) is 4.70. The normalized spacial score (nSPS) is 10.3. The molecule has 0 saturated carbocycles. The van der Waals surface area contributed by atoms with Gasteiger partial charge in [-0.1, -0.05) is 23.2 Å². The summed E-state index contributed by atoms with van der Waals surface area (Å²) in [6.07, 6.45) is 0. The Labute approximate surface area is 107 Å². The van der Waals surface area contributed by atoms with Gasteiger partial charge in [-0.25, -0.2) is 9.37 Å². The van der Waals surface area contributed by atoms with Gasteiger partial charge in [0, 0.05) is 5.02 Å². The Kier molecular flexibility index (Phi) is 3.36. The standard InChI is InChI=1S/C11H8Cl2FN3/c12-6-1-2-7(14)9(5-6)16-11-8(15)3-4-10(13)17-11/h1-5H,15H2,(H,16,17). The van der Waals surface area contributed by atoms with E-state index in [0.717, 1.165) is 0 Å². The number of hydrogen-bond donors (Lipinski definition) is 2. The molecule has 1 aromatic carbocycles. The van der Waals surface area contributed by atoms with E-state index in [0.29, 0.717) is 16.5 Å². The van der Waals surface area contributed by atoms with Crippen molar-refractivity contribution in [3.05, 3.63) is 46.3 Å². The first-order valence-corrected chi connectivity index (χ1v) is 5.46. The number of aromatic nitrogens is 1. The molecule has 1 aromatic heterocycles. The molecule has 0 aliphatic heterocycles. The molecular formula is C11H8Cl2FN3. The molecule has 3 N–H and O–H groups in total. The second-order valence-electron chi connectivity index (χ2n) is 3.32. The van der Waals surface area contributed by atoms with E-state index in [4.69, 9.17) is 28.9 Å². The van der Waals surface area contributed by atoms with Gasteiger partial charge in [-0.2, -0.15) is 0 Å². The Morgan fingerprint density at radius 2 is 1.94 bits per heavy atom. The second kappa shape index (κ2) is 4.77. The number of nitrogens with zero attached hydrogens (tertiary/aromatic N) is 1. The van der Waals surface area contributed by atoms with Crippen molar-refractivity contribution >= 4 is 40.4 Å². The quantitative estimate of drug-likeness (QED) is 0.816. The van der Waals surface area contributed by atoms with Gasteiger partial charge >= 0.3 is 0 Å². The lowest BCUT2D eigenvalue weighted by atomic mass is 10.3. The van der Waals surface area contributed by atoms with E-state index in [9.17, 15) is 4.39 Å². The number of halogens is 3. The van der Waals surface area contributed by atoms with Gasteiger partial charge in [0.1, 0.15) is 11.0 Å². The van der Waals surface area contributed by atoms with Crippen molar-refractivity contribution in [2.24, 2.45) is 0 Å². The Morgan fingerprint density at radius 1 is 1.18 bits per heavy atom. The summed E-state index contributed by atoms with van der Waals surface area (Å²) in [5.74, 6) is -0.158. The summed E-state index contributed by atoms with van der Waals surface area (Å²) in [5.41, 5.74) is 6.25. The van der Waals surface area contributed by atoms with E-state index in [1.165, 1.54) is 18.2 Å². The Bertz CT molecular complexity index is 511. The van der Waals surface area contributed by atoms with Crippen LogP contribution in [-0.2, 0) is 0 Å². The van der Waals surface area contributed by atoms with Crippen LogP contribution in [0.4, 0.5) is 21.6 Å². The molecule has 2 aromatic rings. The van der Waals surface area contributed by atoms with Crippen molar-refractivity contribution < 1.29 is 4.39 Å². The first-order chi connectivity index (χ1) is 8.06. The highest BCUT2D eigenvalue weighted by atomic mass is 35.5. The molecule has 0 spiro atoms. The SMILES string of the molecule is Nc1ccc(Cl)nc1Nc1cc(Cl)ccc1F. The Hall–Kier alpha value is -1.52. The van der Waals surface area contributed by atoms with Crippen molar-refractivity contribution in [1.82, 2.24) is 4.98 Å². The van der Waals surface area contributed by atoms with Crippen LogP contribution in [0.15, 0.2) is 30.3 Å². The lowest BCUT2D eigenvalue weighted by molar-refractivity contribution is 0.632. The van der Waals surface area contributed by atoms with E-state index < -0.39 is 5.82 Å². The van der Waals surface area contributed by atoms with Gasteiger partial charge in [0.25, 0.3) is 0 Å². The fourth-order valence-electron chi connectivity index (χ4n) is 1.27. The summed E-state index contributed by atoms with van der Waals surface area (Å²) in [5, 5.41) is 3.42. The molecule has 0 bridgehead atoms. The van der Waals surface area contributed by atoms with Crippen LogP contribution >= 0.6 is 23.2 Å². The summed E-state index contributed by atoms with van der Waals surface area (Å²) in [7, 11) is 0. The molecule has 3 nitrogen and oxygen atoms in total. The molecule has 0 aliphatic carbocycles. The van der Waals surface area contributed by atoms with Crippen molar-refractivity contribution in [3.63, 3.8) is 0 Å². The molecule has 17 heavy (non-hydrogen) atoms. The van der Waals surface area contributed by atoms with Gasteiger partial charge in [0.15, 0.2) is 5.82 Å². The number of benzene rings is 1. The van der Waals surface area contributed by atoms with Gasteiger partial charge in [0.05, 0.1) is 11.4 Å². The minimum atomic E-state index is -0.449. The van der Waals surface area contributed by atoms with Gasteiger partial charge in [-0.15, -0.1) is 0 Å². The van der Waals surface area contributed by atoms with Crippen LogP contribution in [0.5, 0.6) is 0 Å². The number of pyridine rings is 1.